The second-order valence-electron chi connectivity index (χ2n) is 3.95. The minimum atomic E-state index is -3.72. The van der Waals surface area contributed by atoms with Crippen LogP contribution in [0.5, 0.6) is 0 Å². The Hall–Kier alpha value is -1.46. The zero-order valence-electron chi connectivity index (χ0n) is 9.61. The van der Waals surface area contributed by atoms with Crippen molar-refractivity contribution in [1.29, 1.82) is 0 Å². The summed E-state index contributed by atoms with van der Waals surface area (Å²) in [5, 5.41) is 0.195. The Kier molecular flexibility index (Phi) is 3.87. The van der Waals surface area contributed by atoms with Gasteiger partial charge in [-0.05, 0) is 36.4 Å². The zero-order chi connectivity index (χ0) is 14.0. The molecule has 0 aliphatic heterocycles. The molecule has 2 rings (SSSR count). The van der Waals surface area contributed by atoms with E-state index in [1.807, 2.05) is 0 Å². The van der Waals surface area contributed by atoms with Gasteiger partial charge in [0.15, 0.2) is 9.84 Å². The van der Waals surface area contributed by atoms with E-state index in [9.17, 15) is 17.2 Å². The molecule has 0 bridgehead atoms. The van der Waals surface area contributed by atoms with Gasteiger partial charge in [-0.3, -0.25) is 0 Å². The van der Waals surface area contributed by atoms with Gasteiger partial charge in [-0.2, -0.15) is 0 Å². The van der Waals surface area contributed by atoms with E-state index in [-0.39, 0.29) is 15.5 Å². The van der Waals surface area contributed by atoms with Gasteiger partial charge in [0.1, 0.15) is 11.6 Å². The first-order valence-electron chi connectivity index (χ1n) is 5.31. The van der Waals surface area contributed by atoms with Crippen LogP contribution in [0.1, 0.15) is 5.56 Å². The molecule has 0 atom stereocenters. The van der Waals surface area contributed by atoms with Gasteiger partial charge in [0.2, 0.25) is 0 Å². The summed E-state index contributed by atoms with van der Waals surface area (Å²) in [7, 11) is -3.72. The van der Waals surface area contributed by atoms with Gasteiger partial charge >= 0.3 is 0 Å². The van der Waals surface area contributed by atoms with Crippen molar-refractivity contribution in [3.05, 3.63) is 64.7 Å². The second-order valence-corrected chi connectivity index (χ2v) is 6.37. The number of halogens is 3. The Balaban J connectivity index is 2.33. The number of sulfone groups is 1. The van der Waals surface area contributed by atoms with Gasteiger partial charge in [0, 0.05) is 10.6 Å². The van der Waals surface area contributed by atoms with Crippen molar-refractivity contribution in [3.63, 3.8) is 0 Å². The molecule has 0 N–H and O–H groups in total. The molecule has 0 amide bonds. The summed E-state index contributed by atoms with van der Waals surface area (Å²) in [5.74, 6) is -1.71. The number of hydrogen-bond donors (Lipinski definition) is 0. The molecule has 2 aromatic carbocycles. The lowest BCUT2D eigenvalue weighted by molar-refractivity contribution is 0.586. The smallest absolute Gasteiger partial charge is 0.182 e. The highest BCUT2D eigenvalue weighted by atomic mass is 35.5. The molecule has 0 saturated carbocycles. The average Bonchev–Trinajstić information content (AvgIpc) is 2.33. The lowest BCUT2D eigenvalue weighted by Crippen LogP contribution is -2.06. The maximum Gasteiger partial charge on any atom is 0.182 e. The van der Waals surface area contributed by atoms with Crippen molar-refractivity contribution in [2.24, 2.45) is 0 Å². The van der Waals surface area contributed by atoms with E-state index in [0.29, 0.717) is 0 Å². The van der Waals surface area contributed by atoms with Crippen LogP contribution in [-0.4, -0.2) is 8.42 Å². The van der Waals surface area contributed by atoms with Crippen molar-refractivity contribution in [2.45, 2.75) is 10.6 Å². The SMILES string of the molecule is O=S(=O)(Cc1ccc(Cl)cc1F)c1ccc(F)cc1. The molecule has 6 heteroatoms. The highest BCUT2D eigenvalue weighted by molar-refractivity contribution is 7.90. The zero-order valence-corrected chi connectivity index (χ0v) is 11.2. The fourth-order valence-corrected chi connectivity index (χ4v) is 3.09. The van der Waals surface area contributed by atoms with E-state index in [1.165, 1.54) is 12.1 Å². The fraction of sp³-hybridized carbons (Fsp3) is 0.0769. The van der Waals surface area contributed by atoms with E-state index in [0.717, 1.165) is 30.3 Å². The van der Waals surface area contributed by atoms with Crippen molar-refractivity contribution in [1.82, 2.24) is 0 Å². The van der Waals surface area contributed by atoms with Crippen LogP contribution in [0, 0.1) is 11.6 Å². The first-order chi connectivity index (χ1) is 8.88. The van der Waals surface area contributed by atoms with Crippen LogP contribution >= 0.6 is 11.6 Å². The first kappa shape index (κ1) is 14.0. The minimum absolute atomic E-state index is 0.0220. The quantitative estimate of drug-likeness (QED) is 0.812. The predicted octanol–water partition coefficient (Wildman–Crippen LogP) is 3.59. The number of hydrogen-bond acceptors (Lipinski definition) is 2. The molecule has 0 aromatic heterocycles. The van der Waals surface area contributed by atoms with Crippen molar-refractivity contribution in [2.75, 3.05) is 0 Å². The molecule has 0 spiro atoms. The van der Waals surface area contributed by atoms with Crippen molar-refractivity contribution >= 4 is 21.4 Å². The molecule has 0 fully saturated rings. The monoisotopic (exact) mass is 302 g/mol. The van der Waals surface area contributed by atoms with Gasteiger partial charge in [0.05, 0.1) is 10.6 Å². The van der Waals surface area contributed by atoms with Crippen LogP contribution in [0.15, 0.2) is 47.4 Å². The molecular weight excluding hydrogens is 294 g/mol. The molecular formula is C13H9ClF2O2S. The lowest BCUT2D eigenvalue weighted by atomic mass is 10.2. The van der Waals surface area contributed by atoms with Crippen LogP contribution in [0.3, 0.4) is 0 Å². The molecule has 0 saturated heterocycles. The summed E-state index contributed by atoms with van der Waals surface area (Å²) in [6, 6.07) is 8.18. The predicted molar refractivity (Wildman–Crippen MR) is 68.7 cm³/mol. The van der Waals surface area contributed by atoms with Crippen molar-refractivity contribution in [3.8, 4) is 0 Å². The highest BCUT2D eigenvalue weighted by Crippen LogP contribution is 2.21. The van der Waals surface area contributed by atoms with Crippen LogP contribution in [0.2, 0.25) is 5.02 Å². The molecule has 0 aliphatic carbocycles. The Morgan fingerprint density at radius 3 is 2.21 bits per heavy atom. The molecule has 0 aliphatic rings. The average molecular weight is 303 g/mol. The van der Waals surface area contributed by atoms with Crippen LogP contribution in [0.25, 0.3) is 0 Å². The molecule has 2 nitrogen and oxygen atoms in total. The minimum Gasteiger partial charge on any atom is -0.223 e. The maximum atomic E-state index is 13.6. The van der Waals surface area contributed by atoms with Crippen LogP contribution in [-0.2, 0) is 15.6 Å². The Labute approximate surface area is 114 Å². The van der Waals surface area contributed by atoms with Gasteiger partial charge in [-0.15, -0.1) is 0 Å². The van der Waals surface area contributed by atoms with E-state index < -0.39 is 27.2 Å². The van der Waals surface area contributed by atoms with E-state index >= 15 is 0 Å². The maximum absolute atomic E-state index is 13.6. The third-order valence-corrected chi connectivity index (χ3v) is 4.45. The first-order valence-corrected chi connectivity index (χ1v) is 7.34. The summed E-state index contributed by atoms with van der Waals surface area (Å²) in [6.07, 6.45) is 0. The lowest BCUT2D eigenvalue weighted by Gasteiger charge is -2.06. The Bertz CT molecular complexity index is 697. The summed E-state index contributed by atoms with van der Waals surface area (Å²) in [4.78, 5) is -0.0525. The summed E-state index contributed by atoms with van der Waals surface area (Å²) < 4.78 is 50.3. The third-order valence-electron chi connectivity index (χ3n) is 2.53. The molecule has 0 radical (unpaired) electrons. The molecule has 0 unspecified atom stereocenters. The standard InChI is InChI=1S/C13H9ClF2O2S/c14-10-2-1-9(13(16)7-10)8-19(17,18)12-5-3-11(15)4-6-12/h1-7H,8H2. The Morgan fingerprint density at radius 2 is 1.63 bits per heavy atom. The highest BCUT2D eigenvalue weighted by Gasteiger charge is 2.17. The van der Waals surface area contributed by atoms with Crippen LogP contribution < -0.4 is 0 Å². The van der Waals surface area contributed by atoms with E-state index in [4.69, 9.17) is 11.6 Å². The largest absolute Gasteiger partial charge is 0.223 e. The molecule has 100 valence electrons. The summed E-state index contributed by atoms with van der Waals surface area (Å²) >= 11 is 5.59. The molecule has 19 heavy (non-hydrogen) atoms. The van der Waals surface area contributed by atoms with Crippen molar-refractivity contribution < 1.29 is 17.2 Å². The number of benzene rings is 2. The second kappa shape index (κ2) is 5.27. The van der Waals surface area contributed by atoms with Gasteiger partial charge in [0.25, 0.3) is 0 Å². The van der Waals surface area contributed by atoms with Crippen LogP contribution in [0.4, 0.5) is 8.78 Å². The Morgan fingerprint density at radius 1 is 1.00 bits per heavy atom. The molecule has 0 heterocycles. The fourth-order valence-electron chi connectivity index (χ4n) is 1.57. The topological polar surface area (TPSA) is 34.1 Å². The summed E-state index contributed by atoms with van der Waals surface area (Å²) in [6.45, 7) is 0. The molecule has 2 aromatic rings. The summed E-state index contributed by atoms with van der Waals surface area (Å²) in [5.41, 5.74) is 0.0220. The van der Waals surface area contributed by atoms with E-state index in [1.54, 1.807) is 0 Å². The van der Waals surface area contributed by atoms with E-state index in [2.05, 4.69) is 0 Å². The number of rotatable bonds is 3. The van der Waals surface area contributed by atoms with Gasteiger partial charge < -0.3 is 0 Å². The third kappa shape index (κ3) is 3.30. The normalized spacial score (nSPS) is 11.5. The van der Waals surface area contributed by atoms with Gasteiger partial charge in [-0.1, -0.05) is 17.7 Å². The van der Waals surface area contributed by atoms with Gasteiger partial charge in [-0.25, -0.2) is 17.2 Å².